The number of aromatic nitrogens is 2. The normalized spacial score (nSPS) is 11.7. The number of unbranched alkanes of at least 4 members (excludes halogenated alkanes) is 3. The van der Waals surface area contributed by atoms with Crippen LogP contribution in [0.2, 0.25) is 0 Å². The number of carbonyl (C=O) groups is 6. The first-order chi connectivity index (χ1) is 25.2. The molecule has 0 radical (unpaired) electrons. The van der Waals surface area contributed by atoms with Crippen LogP contribution in [0.3, 0.4) is 0 Å². The maximum atomic E-state index is 14.0. The summed E-state index contributed by atoms with van der Waals surface area (Å²) in [6, 6.07) is 13.4. The van der Waals surface area contributed by atoms with E-state index in [-0.39, 0.29) is 75.9 Å². The number of amides is 3. The van der Waals surface area contributed by atoms with Gasteiger partial charge < -0.3 is 37.6 Å². The van der Waals surface area contributed by atoms with Crippen molar-refractivity contribution in [2.24, 2.45) is 5.73 Å². The first kappa shape index (κ1) is 45.7. The highest BCUT2D eigenvalue weighted by atomic mass is 32.1. The van der Waals surface area contributed by atoms with E-state index in [1.54, 1.807) is 49.4 Å². The number of benzene rings is 3. The number of aliphatic carboxylic acids is 2. The molecule has 0 saturated carbocycles. The van der Waals surface area contributed by atoms with E-state index in [9.17, 15) is 38.3 Å². The Hall–Kier alpha value is -5.46. The van der Waals surface area contributed by atoms with Crippen molar-refractivity contribution in [3.8, 4) is 11.1 Å². The van der Waals surface area contributed by atoms with Crippen LogP contribution in [0.1, 0.15) is 68.1 Å². The fraction of sp³-hybridized carbons (Fsp3) is 0.324. The van der Waals surface area contributed by atoms with Crippen LogP contribution >= 0.6 is 27.0 Å². The second kappa shape index (κ2) is 21.4. The summed E-state index contributed by atoms with van der Waals surface area (Å²) in [6.07, 6.45) is 1.59. The summed E-state index contributed by atoms with van der Waals surface area (Å²) < 4.78 is 15.3. The van der Waals surface area contributed by atoms with E-state index in [2.05, 4.69) is 21.0 Å². The Kier molecular flexibility index (Phi) is 17.8. The van der Waals surface area contributed by atoms with Gasteiger partial charge in [0, 0.05) is 31.4 Å². The van der Waals surface area contributed by atoms with Gasteiger partial charge in [-0.15, -0.1) is 5.10 Å². The molecule has 0 bridgehead atoms. The van der Waals surface area contributed by atoms with Gasteiger partial charge in [-0.05, 0) is 73.2 Å². The number of nitrogens with zero attached hydrogens (tertiary/aromatic N) is 2. The first-order valence-electron chi connectivity index (χ1n) is 17.0. The highest BCUT2D eigenvalue weighted by Crippen LogP contribution is 2.33. The van der Waals surface area contributed by atoms with Gasteiger partial charge in [-0.25, -0.2) is 14.0 Å². The van der Waals surface area contributed by atoms with Gasteiger partial charge in [-0.2, -0.15) is 31.7 Å². The average Bonchev–Trinajstić information content (AvgIpc) is 3.46. The predicted octanol–water partition coefficient (Wildman–Crippen LogP) is 5.30. The minimum Gasteiger partial charge on any atom is -0.481 e. The Morgan fingerprint density at radius 1 is 0.873 bits per heavy atom. The number of anilines is 3. The third kappa shape index (κ3) is 13.1. The third-order valence-corrected chi connectivity index (χ3v) is 8.44. The number of carboxylic acids is 2. The molecule has 18 heteroatoms. The third-order valence-electron chi connectivity index (χ3n) is 8.44. The van der Waals surface area contributed by atoms with Crippen LogP contribution in [0.5, 0.6) is 0 Å². The molecule has 1 aromatic heterocycles. The molecular formula is C37H46FN7O8S2. The Labute approximate surface area is 330 Å². The lowest BCUT2D eigenvalue weighted by atomic mass is 10.0. The molecule has 3 amide bonds. The van der Waals surface area contributed by atoms with Crippen molar-refractivity contribution in [3.05, 3.63) is 72.0 Å². The van der Waals surface area contributed by atoms with Gasteiger partial charge in [0.05, 0.1) is 22.6 Å². The summed E-state index contributed by atoms with van der Waals surface area (Å²) in [5, 5.41) is 30.2. The molecule has 0 aliphatic heterocycles. The summed E-state index contributed by atoms with van der Waals surface area (Å²) in [5.74, 6) is -4.35. The number of hydrogen-bond donors (Lipinski definition) is 7. The van der Waals surface area contributed by atoms with Crippen molar-refractivity contribution in [3.63, 3.8) is 0 Å². The molecule has 15 nitrogen and oxygen atoms in total. The van der Waals surface area contributed by atoms with Gasteiger partial charge in [0.25, 0.3) is 0 Å². The van der Waals surface area contributed by atoms with E-state index in [1.165, 1.54) is 16.8 Å². The van der Waals surface area contributed by atoms with Crippen molar-refractivity contribution < 1.29 is 43.4 Å². The predicted molar refractivity (Wildman–Crippen MR) is 216 cm³/mol. The monoisotopic (exact) mass is 799 g/mol. The van der Waals surface area contributed by atoms with Crippen LogP contribution in [0.15, 0.2) is 60.7 Å². The SMILES string of the molecule is Cc1ccc(F)c(NC(=O)Nc2ccc(-c3cccc4c3c(N)nn4C(=O)CCCCCCC(=O)C[C@H](N)C(=O)N[C@@H](CCC(=O)O)C(=O)O)cc2)c1.S.S. The molecular weight excluding hydrogens is 754 g/mol. The topological polar surface area (TPSA) is 249 Å². The quantitative estimate of drug-likeness (QED) is 0.0636. The van der Waals surface area contributed by atoms with Crippen LogP contribution in [0.25, 0.3) is 22.0 Å². The molecule has 9 N–H and O–H groups in total. The number of nitrogens with one attached hydrogen (secondary N) is 3. The lowest BCUT2D eigenvalue weighted by Gasteiger charge is -2.17. The molecule has 0 spiro atoms. The van der Waals surface area contributed by atoms with E-state index in [4.69, 9.17) is 16.6 Å². The number of carbonyl (C=O) groups excluding carboxylic acids is 4. The zero-order chi connectivity index (χ0) is 38.7. The smallest absolute Gasteiger partial charge is 0.326 e. The lowest BCUT2D eigenvalue weighted by molar-refractivity contribution is -0.143. The molecule has 1 heterocycles. The maximum Gasteiger partial charge on any atom is 0.326 e. The summed E-state index contributed by atoms with van der Waals surface area (Å²) in [7, 11) is 0. The number of nitrogens with two attached hydrogens (primary N) is 2. The summed E-state index contributed by atoms with van der Waals surface area (Å²) in [6.45, 7) is 1.79. The Morgan fingerprint density at radius 2 is 1.55 bits per heavy atom. The summed E-state index contributed by atoms with van der Waals surface area (Å²) in [5.41, 5.74) is 15.4. The fourth-order valence-corrected chi connectivity index (χ4v) is 5.68. The number of Topliss-reactive ketones (excluding diaryl/α,β-unsaturated/α-hetero) is 1. The standard InChI is InChI=1S/C37H42FN7O8.2H2S/c1-21-11-16-26(38)29(19-21)43-37(53)41-23-14-12-22(13-15-23)25-8-6-9-30-33(25)34(40)44-45(30)31(47)10-5-3-2-4-7-24(46)20-27(39)35(50)42-28(36(51)52)17-18-32(48)49;;/h6,8-9,11-16,19,27-28H,2-5,7,10,17-18,20,39H2,1H3,(H2,40,44)(H,42,50)(H,48,49)(H,51,52)(H2,41,43,53);2*1H2/t27-,28-;;/m0../s1. The molecule has 0 aliphatic carbocycles. The van der Waals surface area contributed by atoms with Gasteiger partial charge in [-0.3, -0.25) is 19.2 Å². The van der Waals surface area contributed by atoms with Crippen LogP contribution in [-0.4, -0.2) is 67.6 Å². The zero-order valence-electron chi connectivity index (χ0n) is 30.1. The zero-order valence-corrected chi connectivity index (χ0v) is 32.1. The van der Waals surface area contributed by atoms with E-state index >= 15 is 0 Å². The largest absolute Gasteiger partial charge is 0.481 e. The second-order valence-electron chi connectivity index (χ2n) is 12.6. The first-order valence-corrected chi connectivity index (χ1v) is 17.0. The molecule has 0 unspecified atom stereocenters. The van der Waals surface area contributed by atoms with Crippen LogP contribution in [0.4, 0.5) is 26.4 Å². The maximum absolute atomic E-state index is 14.0. The van der Waals surface area contributed by atoms with Gasteiger partial charge in [0.1, 0.15) is 17.6 Å². The Morgan fingerprint density at radius 3 is 2.20 bits per heavy atom. The number of halogens is 1. The van der Waals surface area contributed by atoms with Gasteiger partial charge in [-0.1, -0.05) is 43.2 Å². The van der Waals surface area contributed by atoms with Crippen molar-refractivity contribution in [2.75, 3.05) is 16.4 Å². The van der Waals surface area contributed by atoms with Crippen molar-refractivity contribution in [1.82, 2.24) is 15.1 Å². The number of rotatable bonds is 18. The highest BCUT2D eigenvalue weighted by Gasteiger charge is 2.25. The minimum atomic E-state index is -1.43. The number of hydrogen-bond acceptors (Lipinski definition) is 9. The number of carboxylic acid groups (broad SMARTS) is 2. The van der Waals surface area contributed by atoms with Gasteiger partial charge in [0.15, 0.2) is 5.82 Å². The van der Waals surface area contributed by atoms with E-state index in [1.807, 2.05) is 6.07 Å². The van der Waals surface area contributed by atoms with Crippen LogP contribution in [-0.2, 0) is 19.2 Å². The number of aryl methyl sites for hydroxylation is 1. The fourth-order valence-electron chi connectivity index (χ4n) is 5.68. The second-order valence-corrected chi connectivity index (χ2v) is 12.6. The number of fused-ring (bicyclic) bond motifs is 1. The molecule has 55 heavy (non-hydrogen) atoms. The lowest BCUT2D eigenvalue weighted by Crippen LogP contribution is -2.49. The van der Waals surface area contributed by atoms with Gasteiger partial charge >= 0.3 is 18.0 Å². The molecule has 0 saturated heterocycles. The molecule has 0 aliphatic rings. The molecule has 3 aromatic carbocycles. The number of ketones is 1. The van der Waals surface area contributed by atoms with E-state index in [0.29, 0.717) is 42.3 Å². The van der Waals surface area contributed by atoms with Crippen LogP contribution in [0, 0.1) is 12.7 Å². The average molecular weight is 800 g/mol. The molecule has 0 fully saturated rings. The van der Waals surface area contributed by atoms with Gasteiger partial charge in [0.2, 0.25) is 11.8 Å². The molecule has 2 atom stereocenters. The minimum absolute atomic E-state index is 0. The van der Waals surface area contributed by atoms with Crippen molar-refractivity contribution in [1.29, 1.82) is 0 Å². The molecule has 4 rings (SSSR count). The highest BCUT2D eigenvalue weighted by molar-refractivity contribution is 7.59. The number of nitrogen functional groups attached to an aromatic ring is 1. The summed E-state index contributed by atoms with van der Waals surface area (Å²) >= 11 is 0. The summed E-state index contributed by atoms with van der Waals surface area (Å²) in [4.78, 5) is 72.2. The Balaban J connectivity index is 0.00000523. The Bertz CT molecular complexity index is 2010. The molecule has 296 valence electrons. The van der Waals surface area contributed by atoms with E-state index in [0.717, 1.165) is 16.7 Å². The number of urea groups is 1. The van der Waals surface area contributed by atoms with E-state index < -0.39 is 48.2 Å². The van der Waals surface area contributed by atoms with Crippen molar-refractivity contribution in [2.45, 2.75) is 76.8 Å². The van der Waals surface area contributed by atoms with Crippen molar-refractivity contribution >= 4 is 90.7 Å². The molecule has 4 aromatic rings. The van der Waals surface area contributed by atoms with Crippen LogP contribution < -0.4 is 27.4 Å².